The molecule has 5 heteroatoms. The van der Waals surface area contributed by atoms with E-state index >= 15 is 0 Å². The molecule has 0 amide bonds. The van der Waals surface area contributed by atoms with Gasteiger partial charge in [0.05, 0.1) is 5.69 Å². The van der Waals surface area contributed by atoms with Crippen LogP contribution in [0.1, 0.15) is 5.69 Å². The van der Waals surface area contributed by atoms with E-state index in [1.165, 1.54) is 0 Å². The van der Waals surface area contributed by atoms with Crippen molar-refractivity contribution in [1.82, 2.24) is 9.97 Å². The van der Waals surface area contributed by atoms with Crippen molar-refractivity contribution >= 4 is 21.7 Å². The van der Waals surface area contributed by atoms with Gasteiger partial charge >= 0.3 is 0 Å². The minimum absolute atomic E-state index is 0.380. The number of nitrogen functional groups attached to an aromatic ring is 1. The van der Waals surface area contributed by atoms with Crippen molar-refractivity contribution < 1.29 is 0 Å². The number of hydrogen-bond acceptors (Lipinski definition) is 4. The van der Waals surface area contributed by atoms with Crippen molar-refractivity contribution in [3.05, 3.63) is 16.5 Å². The molecule has 4 N–H and O–H groups in total. The monoisotopic (exact) mass is 202 g/mol. The Bertz CT molecular complexity index is 217. The summed E-state index contributed by atoms with van der Waals surface area (Å²) in [6.07, 6.45) is 0. The van der Waals surface area contributed by atoms with Gasteiger partial charge in [0, 0.05) is 12.6 Å². The minimum Gasteiger partial charge on any atom is -0.384 e. The Balaban J connectivity index is 3.06. The third-order valence-corrected chi connectivity index (χ3v) is 1.34. The molecule has 0 bridgehead atoms. The van der Waals surface area contributed by atoms with Crippen LogP contribution in [-0.4, -0.2) is 9.97 Å². The van der Waals surface area contributed by atoms with Crippen LogP contribution in [-0.2, 0) is 6.54 Å². The number of nitrogens with two attached hydrogens (primary N) is 2. The molecule has 0 saturated heterocycles. The lowest BCUT2D eigenvalue weighted by molar-refractivity contribution is 0.949. The highest BCUT2D eigenvalue weighted by molar-refractivity contribution is 9.10. The molecular weight excluding hydrogens is 196 g/mol. The Morgan fingerprint density at radius 1 is 1.50 bits per heavy atom. The summed E-state index contributed by atoms with van der Waals surface area (Å²) >= 11 is 3.10. The van der Waals surface area contributed by atoms with Crippen LogP contribution < -0.4 is 11.5 Å². The second kappa shape index (κ2) is 2.94. The molecule has 1 heterocycles. The summed E-state index contributed by atoms with van der Waals surface area (Å²) < 4.78 is 0.480. The quantitative estimate of drug-likeness (QED) is 0.642. The largest absolute Gasteiger partial charge is 0.384 e. The van der Waals surface area contributed by atoms with Crippen molar-refractivity contribution in [2.45, 2.75) is 6.54 Å². The van der Waals surface area contributed by atoms with E-state index in [4.69, 9.17) is 11.5 Å². The molecule has 0 aliphatic heterocycles. The van der Waals surface area contributed by atoms with Crippen LogP contribution in [0.25, 0.3) is 0 Å². The predicted octanol–water partition coefficient (Wildman–Crippen LogP) is 0.280. The van der Waals surface area contributed by atoms with E-state index in [1.54, 1.807) is 6.07 Å². The summed E-state index contributed by atoms with van der Waals surface area (Å²) in [6.45, 7) is 0.380. The molecule has 0 spiro atoms. The van der Waals surface area contributed by atoms with Crippen molar-refractivity contribution in [3.63, 3.8) is 0 Å². The molecule has 4 nitrogen and oxygen atoms in total. The number of anilines is 1. The fraction of sp³-hybridized carbons (Fsp3) is 0.200. The van der Waals surface area contributed by atoms with Gasteiger partial charge in [-0.15, -0.1) is 0 Å². The number of nitrogens with zero attached hydrogens (tertiary/aromatic N) is 2. The van der Waals surface area contributed by atoms with Gasteiger partial charge in [-0.1, -0.05) is 0 Å². The first kappa shape index (κ1) is 7.43. The highest BCUT2D eigenvalue weighted by Gasteiger charge is 1.96. The minimum atomic E-state index is 0.380. The van der Waals surface area contributed by atoms with Gasteiger partial charge in [0.25, 0.3) is 0 Å². The maximum atomic E-state index is 5.40. The van der Waals surface area contributed by atoms with Crippen molar-refractivity contribution in [3.8, 4) is 0 Å². The van der Waals surface area contributed by atoms with Gasteiger partial charge < -0.3 is 11.5 Å². The number of hydrogen-bond donors (Lipinski definition) is 2. The maximum Gasteiger partial charge on any atom is 0.198 e. The average molecular weight is 203 g/mol. The summed E-state index contributed by atoms with van der Waals surface area (Å²) in [4.78, 5) is 7.76. The smallest absolute Gasteiger partial charge is 0.198 e. The zero-order chi connectivity index (χ0) is 7.56. The molecule has 0 aliphatic rings. The fourth-order valence-corrected chi connectivity index (χ4v) is 1.02. The molecular formula is C5H7BrN4. The van der Waals surface area contributed by atoms with E-state index < -0.39 is 0 Å². The van der Waals surface area contributed by atoms with E-state index in [0.717, 1.165) is 5.69 Å². The van der Waals surface area contributed by atoms with Gasteiger partial charge in [0.15, 0.2) is 4.73 Å². The molecule has 1 rings (SSSR count). The molecule has 0 radical (unpaired) electrons. The Hall–Kier alpha value is -0.680. The van der Waals surface area contributed by atoms with Gasteiger partial charge in [-0.05, 0) is 15.9 Å². The normalized spacial score (nSPS) is 9.80. The first-order valence-electron chi connectivity index (χ1n) is 2.71. The van der Waals surface area contributed by atoms with Crippen molar-refractivity contribution in [2.24, 2.45) is 5.73 Å². The lowest BCUT2D eigenvalue weighted by Crippen LogP contribution is -2.02. The van der Waals surface area contributed by atoms with Gasteiger partial charge in [-0.25, -0.2) is 9.97 Å². The molecule has 0 atom stereocenters. The van der Waals surface area contributed by atoms with Gasteiger partial charge in [-0.2, -0.15) is 0 Å². The Morgan fingerprint density at radius 3 is 2.70 bits per heavy atom. The van der Waals surface area contributed by atoms with Crippen molar-refractivity contribution in [1.29, 1.82) is 0 Å². The zero-order valence-corrected chi connectivity index (χ0v) is 6.80. The van der Waals surface area contributed by atoms with E-state index in [0.29, 0.717) is 17.1 Å². The Labute approximate surface area is 66.8 Å². The standard InChI is InChI=1S/C5H7BrN4/c6-5-9-3(2-7)1-4(8)10-5/h1H,2,7H2,(H2,8,9,10). The topological polar surface area (TPSA) is 77.8 Å². The zero-order valence-electron chi connectivity index (χ0n) is 5.21. The third-order valence-electron chi connectivity index (χ3n) is 0.981. The van der Waals surface area contributed by atoms with Crippen LogP contribution in [0.2, 0.25) is 0 Å². The van der Waals surface area contributed by atoms with Crippen LogP contribution in [0.5, 0.6) is 0 Å². The van der Waals surface area contributed by atoms with Crippen LogP contribution in [0.3, 0.4) is 0 Å². The first-order chi connectivity index (χ1) is 4.72. The summed E-state index contributed by atoms with van der Waals surface area (Å²) in [6, 6.07) is 1.64. The molecule has 0 aliphatic carbocycles. The fourth-order valence-electron chi connectivity index (χ4n) is 0.590. The molecule has 0 fully saturated rings. The lowest BCUT2D eigenvalue weighted by atomic mass is 10.4. The van der Waals surface area contributed by atoms with Gasteiger partial charge in [0.2, 0.25) is 0 Å². The summed E-state index contributed by atoms with van der Waals surface area (Å²) in [5.74, 6) is 0.433. The first-order valence-corrected chi connectivity index (χ1v) is 3.50. The number of rotatable bonds is 1. The molecule has 1 aromatic rings. The maximum absolute atomic E-state index is 5.40. The third kappa shape index (κ3) is 1.65. The van der Waals surface area contributed by atoms with Crippen LogP contribution in [0.15, 0.2) is 10.8 Å². The predicted molar refractivity (Wildman–Crippen MR) is 42.0 cm³/mol. The highest BCUT2D eigenvalue weighted by Crippen LogP contribution is 2.06. The van der Waals surface area contributed by atoms with E-state index in [9.17, 15) is 0 Å². The van der Waals surface area contributed by atoms with Gasteiger partial charge in [-0.3, -0.25) is 0 Å². The van der Waals surface area contributed by atoms with Crippen LogP contribution >= 0.6 is 15.9 Å². The van der Waals surface area contributed by atoms with Gasteiger partial charge in [0.1, 0.15) is 5.82 Å². The van der Waals surface area contributed by atoms with E-state index in [-0.39, 0.29) is 0 Å². The van der Waals surface area contributed by atoms with E-state index in [1.807, 2.05) is 0 Å². The van der Waals surface area contributed by atoms with E-state index in [2.05, 4.69) is 25.9 Å². The second-order valence-electron chi connectivity index (χ2n) is 1.76. The molecule has 10 heavy (non-hydrogen) atoms. The summed E-state index contributed by atoms with van der Waals surface area (Å²) in [5, 5.41) is 0. The average Bonchev–Trinajstić information content (AvgIpc) is 1.85. The Morgan fingerprint density at radius 2 is 2.20 bits per heavy atom. The summed E-state index contributed by atoms with van der Waals surface area (Å²) in [5.41, 5.74) is 11.5. The molecule has 0 aromatic carbocycles. The summed E-state index contributed by atoms with van der Waals surface area (Å²) in [7, 11) is 0. The molecule has 54 valence electrons. The molecule has 0 unspecified atom stereocenters. The molecule has 0 saturated carbocycles. The lowest BCUT2D eigenvalue weighted by Gasteiger charge is -1.97. The number of halogens is 1. The van der Waals surface area contributed by atoms with Crippen molar-refractivity contribution in [2.75, 3.05) is 5.73 Å². The SMILES string of the molecule is NCc1cc(N)nc(Br)n1. The number of aromatic nitrogens is 2. The Kier molecular flexibility index (Phi) is 2.18. The highest BCUT2D eigenvalue weighted by atomic mass is 79.9. The second-order valence-corrected chi connectivity index (χ2v) is 2.47. The van der Waals surface area contributed by atoms with Crippen LogP contribution in [0, 0.1) is 0 Å². The molecule has 1 aromatic heterocycles. The van der Waals surface area contributed by atoms with Crippen LogP contribution in [0.4, 0.5) is 5.82 Å².